The van der Waals surface area contributed by atoms with Crippen molar-refractivity contribution in [2.24, 2.45) is 7.05 Å². The molecule has 0 saturated heterocycles. The molecule has 100 valence electrons. The summed E-state index contributed by atoms with van der Waals surface area (Å²) in [6.45, 7) is 2.05. The van der Waals surface area contributed by atoms with Gasteiger partial charge in [0.05, 0.1) is 4.92 Å². The summed E-state index contributed by atoms with van der Waals surface area (Å²) in [6.07, 6.45) is 1.75. The van der Waals surface area contributed by atoms with Crippen molar-refractivity contribution in [3.8, 4) is 11.4 Å². The van der Waals surface area contributed by atoms with Crippen molar-refractivity contribution in [3.05, 3.63) is 34.1 Å². The number of non-ortho nitro benzene ring substituents is 1. The van der Waals surface area contributed by atoms with Crippen LogP contribution in [-0.4, -0.2) is 19.7 Å². The molecule has 2 N–H and O–H groups in total. The number of hydrogen-bond acceptors (Lipinski definition) is 5. The fourth-order valence-corrected chi connectivity index (χ4v) is 1.87. The van der Waals surface area contributed by atoms with Gasteiger partial charge in [0.2, 0.25) is 0 Å². The van der Waals surface area contributed by atoms with Crippen molar-refractivity contribution < 1.29 is 4.92 Å². The zero-order valence-corrected chi connectivity index (χ0v) is 10.8. The lowest BCUT2D eigenvalue weighted by Gasteiger charge is -2.03. The Morgan fingerprint density at radius 1 is 1.47 bits per heavy atom. The van der Waals surface area contributed by atoms with Crippen LogP contribution in [0.2, 0.25) is 0 Å². The second-order valence-corrected chi connectivity index (χ2v) is 4.25. The first-order valence-corrected chi connectivity index (χ1v) is 5.97. The van der Waals surface area contributed by atoms with E-state index in [9.17, 15) is 10.1 Å². The van der Waals surface area contributed by atoms with Crippen LogP contribution in [0.25, 0.3) is 11.4 Å². The highest BCUT2D eigenvalue weighted by Gasteiger charge is 2.15. The molecule has 1 heterocycles. The second kappa shape index (κ2) is 5.05. The van der Waals surface area contributed by atoms with Gasteiger partial charge in [-0.25, -0.2) is 9.67 Å². The molecule has 1 aromatic heterocycles. The van der Waals surface area contributed by atoms with E-state index in [0.29, 0.717) is 17.1 Å². The molecular formula is C12H15N5O2. The Hall–Kier alpha value is -2.44. The predicted octanol–water partition coefficient (Wildman–Crippen LogP) is 1.92. The van der Waals surface area contributed by atoms with Gasteiger partial charge in [-0.2, -0.15) is 5.10 Å². The minimum Gasteiger partial charge on any atom is -0.398 e. The first-order valence-electron chi connectivity index (χ1n) is 5.97. The lowest BCUT2D eigenvalue weighted by Crippen LogP contribution is -1.99. The molecule has 7 nitrogen and oxygen atoms in total. The van der Waals surface area contributed by atoms with Crippen LogP contribution in [0.5, 0.6) is 0 Å². The molecule has 0 spiro atoms. The van der Waals surface area contributed by atoms with Crippen molar-refractivity contribution in [1.29, 1.82) is 0 Å². The van der Waals surface area contributed by atoms with Gasteiger partial charge in [-0.3, -0.25) is 10.1 Å². The number of nitro benzene ring substituents is 1. The summed E-state index contributed by atoms with van der Waals surface area (Å²) >= 11 is 0. The van der Waals surface area contributed by atoms with Gasteiger partial charge >= 0.3 is 0 Å². The van der Waals surface area contributed by atoms with Crippen LogP contribution in [-0.2, 0) is 13.5 Å². The lowest BCUT2D eigenvalue weighted by molar-refractivity contribution is -0.384. The molecule has 0 radical (unpaired) electrons. The van der Waals surface area contributed by atoms with Crippen LogP contribution in [0, 0.1) is 10.1 Å². The Kier molecular flexibility index (Phi) is 3.46. The summed E-state index contributed by atoms with van der Waals surface area (Å²) in [5.41, 5.74) is 6.81. The monoisotopic (exact) mass is 261 g/mol. The summed E-state index contributed by atoms with van der Waals surface area (Å²) in [4.78, 5) is 14.6. The molecule has 0 aliphatic carbocycles. The molecule has 7 heteroatoms. The zero-order chi connectivity index (χ0) is 14.0. The van der Waals surface area contributed by atoms with E-state index in [0.717, 1.165) is 18.7 Å². The molecule has 0 aliphatic rings. The summed E-state index contributed by atoms with van der Waals surface area (Å²) in [5, 5.41) is 15.0. The molecule has 19 heavy (non-hydrogen) atoms. The molecule has 0 amide bonds. The maximum absolute atomic E-state index is 10.7. The summed E-state index contributed by atoms with van der Waals surface area (Å²) in [5.74, 6) is 1.37. The van der Waals surface area contributed by atoms with Gasteiger partial charge in [-0.15, -0.1) is 0 Å². The van der Waals surface area contributed by atoms with Crippen LogP contribution >= 0.6 is 0 Å². The van der Waals surface area contributed by atoms with E-state index in [-0.39, 0.29) is 5.69 Å². The topological polar surface area (TPSA) is 99.9 Å². The van der Waals surface area contributed by atoms with Crippen molar-refractivity contribution in [2.45, 2.75) is 19.8 Å². The van der Waals surface area contributed by atoms with Crippen LogP contribution in [0.15, 0.2) is 18.2 Å². The van der Waals surface area contributed by atoms with Crippen molar-refractivity contribution in [2.75, 3.05) is 5.73 Å². The first-order chi connectivity index (χ1) is 9.02. The van der Waals surface area contributed by atoms with Crippen molar-refractivity contribution in [1.82, 2.24) is 14.8 Å². The van der Waals surface area contributed by atoms with E-state index in [4.69, 9.17) is 5.73 Å². The molecular weight excluding hydrogens is 246 g/mol. The van der Waals surface area contributed by atoms with Gasteiger partial charge < -0.3 is 5.73 Å². The number of nitrogens with zero attached hydrogens (tertiary/aromatic N) is 4. The normalized spacial score (nSPS) is 10.6. The average molecular weight is 261 g/mol. The number of aryl methyl sites for hydroxylation is 2. The van der Waals surface area contributed by atoms with Gasteiger partial charge in [0.1, 0.15) is 0 Å². The van der Waals surface area contributed by atoms with E-state index in [1.165, 1.54) is 12.1 Å². The van der Waals surface area contributed by atoms with Crippen LogP contribution in [0.1, 0.15) is 19.2 Å². The van der Waals surface area contributed by atoms with E-state index < -0.39 is 4.92 Å². The Morgan fingerprint density at radius 2 is 2.21 bits per heavy atom. The molecule has 0 fully saturated rings. The Balaban J connectivity index is 2.44. The largest absolute Gasteiger partial charge is 0.398 e. The van der Waals surface area contributed by atoms with Crippen molar-refractivity contribution >= 4 is 11.4 Å². The summed E-state index contributed by atoms with van der Waals surface area (Å²) in [6, 6.07) is 4.36. The molecule has 2 rings (SSSR count). The Morgan fingerprint density at radius 3 is 2.79 bits per heavy atom. The number of aromatic nitrogens is 3. The van der Waals surface area contributed by atoms with E-state index in [1.807, 2.05) is 0 Å². The van der Waals surface area contributed by atoms with Gasteiger partial charge in [0, 0.05) is 36.9 Å². The molecule has 0 bridgehead atoms. The minimum absolute atomic E-state index is 0.0304. The van der Waals surface area contributed by atoms with Gasteiger partial charge in [0.15, 0.2) is 11.6 Å². The van der Waals surface area contributed by atoms with Gasteiger partial charge in [0.25, 0.3) is 5.69 Å². The van der Waals surface area contributed by atoms with E-state index in [2.05, 4.69) is 17.0 Å². The molecule has 1 aromatic carbocycles. The van der Waals surface area contributed by atoms with Crippen LogP contribution in [0.3, 0.4) is 0 Å². The molecule has 0 unspecified atom stereocenters. The maximum Gasteiger partial charge on any atom is 0.271 e. The molecule has 2 aromatic rings. The first kappa shape index (κ1) is 13.0. The number of nitrogens with two attached hydrogens (primary N) is 1. The number of rotatable bonds is 4. The Labute approximate surface area is 110 Å². The summed E-state index contributed by atoms with van der Waals surface area (Å²) < 4.78 is 1.64. The molecule has 0 aliphatic heterocycles. The third kappa shape index (κ3) is 2.54. The lowest BCUT2D eigenvalue weighted by atomic mass is 10.1. The van der Waals surface area contributed by atoms with Crippen molar-refractivity contribution in [3.63, 3.8) is 0 Å². The fraction of sp³-hybridized carbons (Fsp3) is 0.333. The summed E-state index contributed by atoms with van der Waals surface area (Å²) in [7, 11) is 1.78. The van der Waals surface area contributed by atoms with Gasteiger partial charge in [-0.1, -0.05) is 6.92 Å². The highest BCUT2D eigenvalue weighted by Crippen LogP contribution is 2.27. The number of hydrogen-bond donors (Lipinski definition) is 1. The SMILES string of the molecule is CCCc1nc(-c2ccc([N+](=O)[O-])cc2N)n(C)n1. The highest BCUT2D eigenvalue weighted by atomic mass is 16.6. The molecule has 0 atom stereocenters. The molecule has 0 saturated carbocycles. The second-order valence-electron chi connectivity index (χ2n) is 4.25. The number of nitro groups is 1. The van der Waals surface area contributed by atoms with E-state index >= 15 is 0 Å². The quantitative estimate of drug-likeness (QED) is 0.515. The van der Waals surface area contributed by atoms with E-state index in [1.54, 1.807) is 17.8 Å². The third-order valence-corrected chi connectivity index (χ3v) is 2.77. The minimum atomic E-state index is -0.473. The smallest absolute Gasteiger partial charge is 0.271 e. The number of anilines is 1. The predicted molar refractivity (Wildman–Crippen MR) is 71.5 cm³/mol. The highest BCUT2D eigenvalue weighted by molar-refractivity contribution is 5.74. The number of benzene rings is 1. The number of nitrogen functional groups attached to an aromatic ring is 1. The van der Waals surface area contributed by atoms with Crippen LogP contribution in [0.4, 0.5) is 11.4 Å². The third-order valence-electron chi connectivity index (χ3n) is 2.77. The zero-order valence-electron chi connectivity index (χ0n) is 10.8. The average Bonchev–Trinajstić information content (AvgIpc) is 2.70. The maximum atomic E-state index is 10.7. The standard InChI is InChI=1S/C12H15N5O2/c1-3-4-11-14-12(16(2)15-11)9-6-5-8(17(18)19)7-10(9)13/h5-7H,3-4,13H2,1-2H3. The Bertz CT molecular complexity index is 621. The van der Waals surface area contributed by atoms with Crippen LogP contribution < -0.4 is 5.73 Å². The fourth-order valence-electron chi connectivity index (χ4n) is 1.87. The van der Waals surface area contributed by atoms with Gasteiger partial charge in [-0.05, 0) is 12.5 Å².